The van der Waals surface area contributed by atoms with Gasteiger partial charge in [-0.2, -0.15) is 0 Å². The van der Waals surface area contributed by atoms with Crippen LogP contribution in [0.4, 0.5) is 11.4 Å². The highest BCUT2D eigenvalue weighted by Gasteiger charge is 2.33. The van der Waals surface area contributed by atoms with E-state index >= 15 is 0 Å². The van der Waals surface area contributed by atoms with Gasteiger partial charge in [0.25, 0.3) is 0 Å². The van der Waals surface area contributed by atoms with E-state index in [4.69, 9.17) is 10.2 Å². The lowest BCUT2D eigenvalue weighted by molar-refractivity contribution is -0.123. The first-order valence-corrected chi connectivity index (χ1v) is 13.5. The van der Waals surface area contributed by atoms with Crippen molar-refractivity contribution >= 4 is 45.7 Å². The fourth-order valence-electron chi connectivity index (χ4n) is 5.05. The van der Waals surface area contributed by atoms with Crippen molar-refractivity contribution in [3.8, 4) is 21.9 Å². The maximum Gasteiger partial charge on any atom is 0.348 e. The van der Waals surface area contributed by atoms with Gasteiger partial charge in [-0.15, -0.1) is 11.3 Å². The quantitative estimate of drug-likeness (QED) is 0.265. The predicted octanol–water partition coefficient (Wildman–Crippen LogP) is 7.07. The number of hydrogen-bond acceptors (Lipinski definition) is 6. The average molecular weight is 518 g/mol. The highest BCUT2D eigenvalue weighted by molar-refractivity contribution is 7.18. The van der Waals surface area contributed by atoms with E-state index in [-0.39, 0.29) is 22.7 Å². The molecule has 192 valence electrons. The fraction of sp³-hybridized carbons (Fsp3) is 0.345. The minimum Gasteiger partial charge on any atom is -0.477 e. The Hall–Kier alpha value is -3.65. The van der Waals surface area contributed by atoms with Gasteiger partial charge in [0.15, 0.2) is 5.58 Å². The summed E-state index contributed by atoms with van der Waals surface area (Å²) in [6.07, 6.45) is 3.77. The van der Waals surface area contributed by atoms with E-state index in [0.29, 0.717) is 28.8 Å². The Morgan fingerprint density at radius 2 is 1.73 bits per heavy atom. The van der Waals surface area contributed by atoms with Crippen molar-refractivity contribution in [2.45, 2.75) is 52.5 Å². The SMILES string of the molecule is CC(C)N(c1cc(-c2ccc(-c3nc4ccc(N)cc4o3)cc2)sc1C(=O)O)C(=O)[C@H]1CC[C@H](C)CC1. The van der Waals surface area contributed by atoms with Crippen molar-refractivity contribution in [3.05, 3.63) is 53.4 Å². The van der Waals surface area contributed by atoms with Crippen molar-refractivity contribution in [1.29, 1.82) is 0 Å². The molecule has 1 aliphatic rings. The smallest absolute Gasteiger partial charge is 0.348 e. The number of nitrogens with zero attached hydrogens (tertiary/aromatic N) is 2. The molecule has 0 spiro atoms. The lowest BCUT2D eigenvalue weighted by atomic mass is 9.82. The summed E-state index contributed by atoms with van der Waals surface area (Å²) in [4.78, 5) is 33.0. The van der Waals surface area contributed by atoms with Gasteiger partial charge in [-0.05, 0) is 81.3 Å². The van der Waals surface area contributed by atoms with Crippen LogP contribution in [-0.4, -0.2) is 28.0 Å². The van der Waals surface area contributed by atoms with Gasteiger partial charge < -0.3 is 20.2 Å². The summed E-state index contributed by atoms with van der Waals surface area (Å²) in [7, 11) is 0. The van der Waals surface area contributed by atoms with E-state index in [0.717, 1.165) is 47.2 Å². The minimum absolute atomic E-state index is 0.0284. The number of fused-ring (bicyclic) bond motifs is 1. The van der Waals surface area contributed by atoms with Crippen LogP contribution in [-0.2, 0) is 4.79 Å². The van der Waals surface area contributed by atoms with Crippen molar-refractivity contribution in [1.82, 2.24) is 4.98 Å². The Kier molecular flexibility index (Phi) is 6.77. The Bertz CT molecular complexity index is 1450. The van der Waals surface area contributed by atoms with Crippen LogP contribution in [0.1, 0.15) is 56.1 Å². The normalized spacial score (nSPS) is 17.8. The highest BCUT2D eigenvalue weighted by Crippen LogP contribution is 2.40. The molecule has 1 saturated carbocycles. The first-order valence-electron chi connectivity index (χ1n) is 12.7. The van der Waals surface area contributed by atoms with Crippen molar-refractivity contribution < 1.29 is 19.1 Å². The molecule has 5 rings (SSSR count). The molecule has 1 aliphatic carbocycles. The monoisotopic (exact) mass is 517 g/mol. The molecule has 1 fully saturated rings. The summed E-state index contributed by atoms with van der Waals surface area (Å²) in [5.74, 6) is 0.0675. The zero-order chi connectivity index (χ0) is 26.3. The fourth-order valence-corrected chi connectivity index (χ4v) is 6.05. The van der Waals surface area contributed by atoms with Crippen LogP contribution in [0, 0.1) is 11.8 Å². The Labute approximate surface area is 219 Å². The van der Waals surface area contributed by atoms with E-state index in [2.05, 4.69) is 11.9 Å². The molecule has 37 heavy (non-hydrogen) atoms. The number of benzene rings is 2. The van der Waals surface area contributed by atoms with Crippen molar-refractivity contribution in [3.63, 3.8) is 0 Å². The molecule has 4 aromatic rings. The molecular formula is C29H31N3O4S. The van der Waals surface area contributed by atoms with Gasteiger partial charge in [-0.25, -0.2) is 9.78 Å². The number of amides is 1. The lowest BCUT2D eigenvalue weighted by Crippen LogP contribution is -2.42. The van der Waals surface area contributed by atoms with E-state index in [1.807, 2.05) is 50.2 Å². The van der Waals surface area contributed by atoms with E-state index in [1.165, 1.54) is 11.3 Å². The number of oxazole rings is 1. The number of thiophene rings is 1. The largest absolute Gasteiger partial charge is 0.477 e. The number of carboxylic acid groups (broad SMARTS) is 1. The highest BCUT2D eigenvalue weighted by atomic mass is 32.1. The number of carbonyl (C=O) groups excluding carboxylic acids is 1. The zero-order valence-corrected chi connectivity index (χ0v) is 22.0. The lowest BCUT2D eigenvalue weighted by Gasteiger charge is -2.33. The summed E-state index contributed by atoms with van der Waals surface area (Å²) < 4.78 is 5.87. The summed E-state index contributed by atoms with van der Waals surface area (Å²) in [5.41, 5.74) is 9.96. The van der Waals surface area contributed by atoms with Crippen LogP contribution < -0.4 is 10.6 Å². The third kappa shape index (κ3) is 4.98. The summed E-state index contributed by atoms with van der Waals surface area (Å²) in [5, 5.41) is 10.0. The third-order valence-electron chi connectivity index (χ3n) is 7.11. The molecule has 2 aromatic carbocycles. The minimum atomic E-state index is -1.02. The van der Waals surface area contributed by atoms with Gasteiger partial charge in [0.05, 0.1) is 5.69 Å². The second kappa shape index (κ2) is 10.0. The van der Waals surface area contributed by atoms with Crippen molar-refractivity contribution in [2.75, 3.05) is 10.6 Å². The molecule has 0 bridgehead atoms. The number of carboxylic acids is 1. The van der Waals surface area contributed by atoms with E-state index in [9.17, 15) is 14.7 Å². The molecule has 1 amide bonds. The van der Waals surface area contributed by atoms with Crippen molar-refractivity contribution in [2.24, 2.45) is 11.8 Å². The molecular weight excluding hydrogens is 486 g/mol. The molecule has 0 aliphatic heterocycles. The van der Waals surface area contributed by atoms with Crippen LogP contribution in [0.3, 0.4) is 0 Å². The first kappa shape index (κ1) is 25.0. The summed E-state index contributed by atoms with van der Waals surface area (Å²) in [6, 6.07) is 14.7. The van der Waals surface area contributed by atoms with Crippen LogP contribution in [0.25, 0.3) is 33.0 Å². The number of aromatic carboxylic acids is 1. The Balaban J connectivity index is 1.46. The average Bonchev–Trinajstić information content (AvgIpc) is 3.49. The number of nitrogen functional groups attached to an aromatic ring is 1. The number of anilines is 2. The van der Waals surface area contributed by atoms with Gasteiger partial charge >= 0.3 is 5.97 Å². The Morgan fingerprint density at radius 3 is 2.38 bits per heavy atom. The molecule has 2 aromatic heterocycles. The molecule has 8 heteroatoms. The van der Waals surface area contributed by atoms with Crippen LogP contribution in [0.2, 0.25) is 0 Å². The zero-order valence-electron chi connectivity index (χ0n) is 21.2. The second-order valence-electron chi connectivity index (χ2n) is 10.2. The standard InChI is InChI=1S/C29H31N3O4S/c1-16(2)32(28(33)20-6-4-17(3)5-7-20)23-15-25(37-26(23)29(34)35)18-8-10-19(11-9-18)27-31-22-13-12-21(30)14-24(22)36-27/h8-17,20H,4-7,30H2,1-3H3,(H,34,35)/t17-,20-. The summed E-state index contributed by atoms with van der Waals surface area (Å²) >= 11 is 1.19. The maximum atomic E-state index is 13.6. The molecule has 2 heterocycles. The maximum absolute atomic E-state index is 13.6. The van der Waals surface area contributed by atoms with Gasteiger partial charge in [-0.3, -0.25) is 4.79 Å². The molecule has 3 N–H and O–H groups in total. The van der Waals surface area contributed by atoms with Gasteiger partial charge in [0, 0.05) is 34.2 Å². The van der Waals surface area contributed by atoms with E-state index < -0.39 is 5.97 Å². The van der Waals surface area contributed by atoms with E-state index in [1.54, 1.807) is 17.0 Å². The Morgan fingerprint density at radius 1 is 1.05 bits per heavy atom. The number of hydrogen-bond donors (Lipinski definition) is 2. The topological polar surface area (TPSA) is 110 Å². The molecule has 0 radical (unpaired) electrons. The number of carbonyl (C=O) groups is 2. The van der Waals surface area contributed by atoms with Crippen LogP contribution in [0.15, 0.2) is 52.9 Å². The van der Waals surface area contributed by atoms with Gasteiger partial charge in [0.2, 0.25) is 11.8 Å². The second-order valence-corrected chi connectivity index (χ2v) is 11.3. The van der Waals surface area contributed by atoms with Crippen LogP contribution >= 0.6 is 11.3 Å². The summed E-state index contributed by atoms with van der Waals surface area (Å²) in [6.45, 7) is 6.10. The number of rotatable bonds is 6. The van der Waals surface area contributed by atoms with Gasteiger partial charge in [0.1, 0.15) is 10.4 Å². The molecule has 0 atom stereocenters. The number of aromatic nitrogens is 1. The molecule has 7 nitrogen and oxygen atoms in total. The predicted molar refractivity (Wildman–Crippen MR) is 148 cm³/mol. The first-order chi connectivity index (χ1) is 17.7. The third-order valence-corrected chi connectivity index (χ3v) is 8.28. The van der Waals surface area contributed by atoms with Gasteiger partial charge in [-0.1, -0.05) is 19.1 Å². The van der Waals surface area contributed by atoms with Crippen LogP contribution in [0.5, 0.6) is 0 Å². The molecule has 0 unspecified atom stereocenters. The number of nitrogens with two attached hydrogens (primary N) is 1. The molecule has 0 saturated heterocycles.